The number of esters is 1. The lowest BCUT2D eigenvalue weighted by molar-refractivity contribution is -0.149. The zero-order chi connectivity index (χ0) is 12.9. The summed E-state index contributed by atoms with van der Waals surface area (Å²) in [7, 11) is 0. The number of carbonyl (C=O) groups excluding carboxylic acids is 1. The minimum Gasteiger partial charge on any atom is -0.508 e. The van der Waals surface area contributed by atoms with Gasteiger partial charge in [-0.1, -0.05) is 12.1 Å². The van der Waals surface area contributed by atoms with Crippen molar-refractivity contribution in [3.63, 3.8) is 0 Å². The van der Waals surface area contributed by atoms with E-state index in [2.05, 4.69) is 0 Å². The minimum atomic E-state index is -0.964. The van der Waals surface area contributed by atoms with Gasteiger partial charge in [-0.15, -0.1) is 0 Å². The number of aromatic hydroxyl groups is 1. The minimum absolute atomic E-state index is 0.231. The second kappa shape index (κ2) is 5.68. The van der Waals surface area contributed by atoms with E-state index in [-0.39, 0.29) is 11.7 Å². The fourth-order valence-electron chi connectivity index (χ4n) is 1.46. The average Bonchev–Trinajstić information content (AvgIpc) is 2.29. The van der Waals surface area contributed by atoms with Gasteiger partial charge in [-0.25, -0.2) is 0 Å². The molecule has 4 heteroatoms. The van der Waals surface area contributed by atoms with E-state index in [1.165, 1.54) is 0 Å². The lowest BCUT2D eigenvalue weighted by atomic mass is 9.94. The highest BCUT2D eigenvalue weighted by Crippen LogP contribution is 2.16. The zero-order valence-electron chi connectivity index (χ0n) is 10.3. The predicted molar refractivity (Wildman–Crippen MR) is 65.7 cm³/mol. The fraction of sp³-hybridized carbons (Fsp3) is 0.462. The molecule has 94 valence electrons. The van der Waals surface area contributed by atoms with Crippen molar-refractivity contribution in [2.24, 2.45) is 5.73 Å². The van der Waals surface area contributed by atoms with Crippen LogP contribution in [0.15, 0.2) is 24.3 Å². The van der Waals surface area contributed by atoms with Crippen LogP contribution >= 0.6 is 0 Å². The van der Waals surface area contributed by atoms with Gasteiger partial charge in [0.05, 0.1) is 6.61 Å². The van der Waals surface area contributed by atoms with E-state index in [4.69, 9.17) is 15.6 Å². The van der Waals surface area contributed by atoms with Crippen LogP contribution in [0, 0.1) is 0 Å². The van der Waals surface area contributed by atoms with Crippen LogP contribution in [-0.2, 0) is 16.0 Å². The van der Waals surface area contributed by atoms with Crippen molar-refractivity contribution in [1.82, 2.24) is 0 Å². The molecule has 1 aromatic rings. The molecule has 0 saturated heterocycles. The number of hydrogen-bond acceptors (Lipinski definition) is 4. The molecule has 0 aliphatic rings. The Morgan fingerprint density at radius 2 is 2.00 bits per heavy atom. The highest BCUT2D eigenvalue weighted by atomic mass is 16.5. The highest BCUT2D eigenvalue weighted by molar-refractivity contribution is 5.79. The Bertz CT molecular complexity index is 371. The summed E-state index contributed by atoms with van der Waals surface area (Å²) in [5.41, 5.74) is 5.97. The second-order valence-electron chi connectivity index (χ2n) is 4.30. The van der Waals surface area contributed by atoms with Gasteiger partial charge >= 0.3 is 5.97 Å². The summed E-state index contributed by atoms with van der Waals surface area (Å²) in [6.07, 6.45) is 1.18. The number of hydrogen-bond donors (Lipinski definition) is 2. The van der Waals surface area contributed by atoms with Crippen LogP contribution in [0.25, 0.3) is 0 Å². The summed E-state index contributed by atoms with van der Waals surface area (Å²) in [6, 6.07) is 6.87. The van der Waals surface area contributed by atoms with Crippen LogP contribution in [-0.4, -0.2) is 23.2 Å². The van der Waals surface area contributed by atoms with Crippen LogP contribution in [0.3, 0.4) is 0 Å². The normalized spacial score (nSPS) is 14.1. The average molecular weight is 237 g/mol. The Morgan fingerprint density at radius 3 is 2.53 bits per heavy atom. The number of aryl methyl sites for hydroxylation is 1. The van der Waals surface area contributed by atoms with Crippen molar-refractivity contribution in [1.29, 1.82) is 0 Å². The molecule has 17 heavy (non-hydrogen) atoms. The quantitative estimate of drug-likeness (QED) is 0.763. The monoisotopic (exact) mass is 237 g/mol. The first kappa shape index (κ1) is 13.5. The lowest BCUT2D eigenvalue weighted by Crippen LogP contribution is -2.46. The van der Waals surface area contributed by atoms with Crippen molar-refractivity contribution in [3.05, 3.63) is 29.8 Å². The summed E-state index contributed by atoms with van der Waals surface area (Å²) in [4.78, 5) is 11.6. The number of ether oxygens (including phenoxy) is 1. The maximum Gasteiger partial charge on any atom is 0.325 e. The molecule has 3 N–H and O–H groups in total. The standard InChI is InChI=1S/C13H19NO3/c1-3-17-12(16)13(2,14)9-8-10-4-6-11(15)7-5-10/h4-7,15H,3,8-9,14H2,1-2H3. The highest BCUT2D eigenvalue weighted by Gasteiger charge is 2.29. The molecule has 0 fully saturated rings. The number of nitrogens with two attached hydrogens (primary N) is 1. The second-order valence-corrected chi connectivity index (χ2v) is 4.30. The van der Waals surface area contributed by atoms with Crippen molar-refractivity contribution in [2.45, 2.75) is 32.2 Å². The molecule has 0 heterocycles. The van der Waals surface area contributed by atoms with E-state index in [0.29, 0.717) is 19.4 Å². The Hall–Kier alpha value is -1.55. The molecule has 0 amide bonds. The molecule has 4 nitrogen and oxygen atoms in total. The Kier molecular flexibility index (Phi) is 4.52. The number of carbonyl (C=O) groups is 1. The van der Waals surface area contributed by atoms with Gasteiger partial charge in [-0.05, 0) is 44.4 Å². The van der Waals surface area contributed by atoms with Crippen molar-refractivity contribution in [3.8, 4) is 5.75 Å². The first-order valence-corrected chi connectivity index (χ1v) is 5.69. The van der Waals surface area contributed by atoms with Crippen LogP contribution in [0.1, 0.15) is 25.8 Å². The fourth-order valence-corrected chi connectivity index (χ4v) is 1.46. The third-order valence-electron chi connectivity index (χ3n) is 2.61. The van der Waals surface area contributed by atoms with Crippen molar-refractivity contribution >= 4 is 5.97 Å². The van der Waals surface area contributed by atoms with Gasteiger partial charge in [-0.2, -0.15) is 0 Å². The maximum absolute atomic E-state index is 11.6. The largest absolute Gasteiger partial charge is 0.508 e. The Balaban J connectivity index is 2.54. The molecular formula is C13H19NO3. The molecule has 1 unspecified atom stereocenters. The van der Waals surface area contributed by atoms with E-state index in [9.17, 15) is 4.79 Å². The SMILES string of the molecule is CCOC(=O)C(C)(N)CCc1ccc(O)cc1. The first-order valence-electron chi connectivity index (χ1n) is 5.69. The summed E-state index contributed by atoms with van der Waals surface area (Å²) in [5, 5.41) is 9.14. The van der Waals surface area contributed by atoms with E-state index >= 15 is 0 Å². The third kappa shape index (κ3) is 4.07. The van der Waals surface area contributed by atoms with Gasteiger partial charge in [0.25, 0.3) is 0 Å². The van der Waals surface area contributed by atoms with Gasteiger partial charge in [0.2, 0.25) is 0 Å². The molecule has 0 aliphatic carbocycles. The molecule has 0 spiro atoms. The molecular weight excluding hydrogens is 218 g/mol. The van der Waals surface area contributed by atoms with Crippen molar-refractivity contribution in [2.75, 3.05) is 6.61 Å². The van der Waals surface area contributed by atoms with E-state index in [1.54, 1.807) is 26.0 Å². The van der Waals surface area contributed by atoms with E-state index in [0.717, 1.165) is 5.56 Å². The van der Waals surface area contributed by atoms with Gasteiger partial charge in [-0.3, -0.25) is 4.79 Å². The van der Waals surface area contributed by atoms with Crippen molar-refractivity contribution < 1.29 is 14.6 Å². The zero-order valence-corrected chi connectivity index (χ0v) is 10.3. The summed E-state index contributed by atoms with van der Waals surface area (Å²) < 4.78 is 4.91. The Morgan fingerprint density at radius 1 is 1.41 bits per heavy atom. The van der Waals surface area contributed by atoms with Gasteiger partial charge in [0, 0.05) is 0 Å². The smallest absolute Gasteiger partial charge is 0.325 e. The number of rotatable bonds is 5. The molecule has 0 bridgehead atoms. The van der Waals surface area contributed by atoms with Gasteiger partial charge in [0.1, 0.15) is 11.3 Å². The Labute approximate surface area is 101 Å². The number of benzene rings is 1. The van der Waals surface area contributed by atoms with Crippen LogP contribution in [0.4, 0.5) is 0 Å². The topological polar surface area (TPSA) is 72.5 Å². The van der Waals surface area contributed by atoms with Gasteiger partial charge in [0.15, 0.2) is 0 Å². The molecule has 1 atom stereocenters. The first-order chi connectivity index (χ1) is 7.95. The molecule has 0 radical (unpaired) electrons. The molecule has 0 aliphatic heterocycles. The predicted octanol–water partition coefficient (Wildman–Crippen LogP) is 1.61. The van der Waals surface area contributed by atoms with Crippen LogP contribution < -0.4 is 5.73 Å². The lowest BCUT2D eigenvalue weighted by Gasteiger charge is -2.22. The summed E-state index contributed by atoms with van der Waals surface area (Å²) >= 11 is 0. The van der Waals surface area contributed by atoms with E-state index < -0.39 is 5.54 Å². The molecule has 0 aromatic heterocycles. The summed E-state index contributed by atoms with van der Waals surface area (Å²) in [6.45, 7) is 3.77. The van der Waals surface area contributed by atoms with E-state index in [1.807, 2.05) is 12.1 Å². The number of phenolic OH excluding ortho intramolecular Hbond substituents is 1. The molecule has 0 saturated carbocycles. The van der Waals surface area contributed by atoms with Gasteiger partial charge < -0.3 is 15.6 Å². The summed E-state index contributed by atoms with van der Waals surface area (Å²) in [5.74, 6) is -0.145. The molecule has 1 aromatic carbocycles. The molecule has 1 rings (SSSR count). The maximum atomic E-state index is 11.6. The van der Waals surface area contributed by atoms with Crippen LogP contribution in [0.5, 0.6) is 5.75 Å². The number of phenols is 1. The van der Waals surface area contributed by atoms with Crippen LogP contribution in [0.2, 0.25) is 0 Å². The third-order valence-corrected chi connectivity index (χ3v) is 2.61.